The molecule has 0 aliphatic heterocycles. The van der Waals surface area contributed by atoms with Gasteiger partial charge in [0.05, 0.1) is 12.0 Å². The van der Waals surface area contributed by atoms with Crippen LogP contribution in [0.5, 0.6) is 0 Å². The van der Waals surface area contributed by atoms with Gasteiger partial charge in [0.1, 0.15) is 6.04 Å². The van der Waals surface area contributed by atoms with Crippen molar-refractivity contribution in [1.82, 2.24) is 9.55 Å². The van der Waals surface area contributed by atoms with E-state index in [-0.39, 0.29) is 0 Å². The van der Waals surface area contributed by atoms with E-state index in [1.807, 2.05) is 42.1 Å². The number of benzene rings is 1. The number of rotatable bonds is 4. The number of aryl methyl sites for hydroxylation is 1. The lowest BCUT2D eigenvalue weighted by atomic mass is 10.0. The third kappa shape index (κ3) is 2.75. The Balaban J connectivity index is 2.13. The highest BCUT2D eigenvalue weighted by molar-refractivity contribution is 5.73. The first-order valence-electron chi connectivity index (χ1n) is 5.62. The van der Waals surface area contributed by atoms with Crippen LogP contribution in [0.3, 0.4) is 0 Å². The third-order valence-corrected chi connectivity index (χ3v) is 2.73. The second-order valence-electron chi connectivity index (χ2n) is 4.27. The van der Waals surface area contributed by atoms with Gasteiger partial charge in [-0.2, -0.15) is 0 Å². The first kappa shape index (κ1) is 12.3. The van der Waals surface area contributed by atoms with Crippen LogP contribution in [0.2, 0.25) is 0 Å². The largest absolute Gasteiger partial charge is 0.480 e. The highest BCUT2D eigenvalue weighted by Gasteiger charge is 2.12. The summed E-state index contributed by atoms with van der Waals surface area (Å²) in [5, 5.41) is 8.74. The standard InChI is InChI=1S/C13H15N3O2/c1-16-7-12(15-8-16)10-4-2-9(3-5-10)6-11(14)13(17)18/h2-5,7-8,11H,6,14H2,1H3,(H,17,18)/t11-/m0/s1. The molecular formula is C13H15N3O2. The number of carboxylic acids is 1. The molecule has 1 aromatic carbocycles. The summed E-state index contributed by atoms with van der Waals surface area (Å²) in [5.41, 5.74) is 8.29. The molecule has 1 atom stereocenters. The first-order chi connectivity index (χ1) is 8.56. The van der Waals surface area contributed by atoms with E-state index >= 15 is 0 Å². The maximum Gasteiger partial charge on any atom is 0.320 e. The maximum absolute atomic E-state index is 10.7. The number of aromatic nitrogens is 2. The molecule has 0 unspecified atom stereocenters. The summed E-state index contributed by atoms with van der Waals surface area (Å²) in [6.07, 6.45) is 4.00. The van der Waals surface area contributed by atoms with Crippen molar-refractivity contribution in [1.29, 1.82) is 0 Å². The fraction of sp³-hybridized carbons (Fsp3) is 0.231. The average Bonchev–Trinajstić information content (AvgIpc) is 2.76. The Bertz CT molecular complexity index is 546. The number of aliphatic carboxylic acids is 1. The Kier molecular flexibility index (Phi) is 3.43. The summed E-state index contributed by atoms with van der Waals surface area (Å²) < 4.78 is 1.88. The molecule has 0 amide bonds. The van der Waals surface area contributed by atoms with Gasteiger partial charge in [-0.15, -0.1) is 0 Å². The lowest BCUT2D eigenvalue weighted by Crippen LogP contribution is -2.32. The lowest BCUT2D eigenvalue weighted by Gasteiger charge is -2.06. The highest BCUT2D eigenvalue weighted by Crippen LogP contribution is 2.17. The topological polar surface area (TPSA) is 81.1 Å². The van der Waals surface area contributed by atoms with E-state index in [0.717, 1.165) is 16.8 Å². The van der Waals surface area contributed by atoms with Crippen LogP contribution in [0, 0.1) is 0 Å². The summed E-state index contributed by atoms with van der Waals surface area (Å²) in [6.45, 7) is 0. The monoisotopic (exact) mass is 245 g/mol. The van der Waals surface area contributed by atoms with Gasteiger partial charge in [-0.05, 0) is 12.0 Å². The zero-order valence-corrected chi connectivity index (χ0v) is 10.1. The molecular weight excluding hydrogens is 230 g/mol. The van der Waals surface area contributed by atoms with Crippen molar-refractivity contribution >= 4 is 5.97 Å². The van der Waals surface area contributed by atoms with Crippen LogP contribution in [0.4, 0.5) is 0 Å². The molecule has 0 fully saturated rings. The molecule has 3 N–H and O–H groups in total. The summed E-state index contributed by atoms with van der Waals surface area (Å²) in [7, 11) is 1.91. The van der Waals surface area contributed by atoms with Crippen molar-refractivity contribution in [3.05, 3.63) is 42.4 Å². The van der Waals surface area contributed by atoms with Crippen LogP contribution in [-0.2, 0) is 18.3 Å². The van der Waals surface area contributed by atoms with Crippen molar-refractivity contribution in [2.24, 2.45) is 12.8 Å². The number of hydrogen-bond acceptors (Lipinski definition) is 3. The van der Waals surface area contributed by atoms with E-state index < -0.39 is 12.0 Å². The second kappa shape index (κ2) is 5.01. The molecule has 18 heavy (non-hydrogen) atoms. The fourth-order valence-electron chi connectivity index (χ4n) is 1.71. The van der Waals surface area contributed by atoms with Crippen molar-refractivity contribution < 1.29 is 9.90 Å². The highest BCUT2D eigenvalue weighted by atomic mass is 16.4. The SMILES string of the molecule is Cn1cnc(-c2ccc(C[C@H](N)C(=O)O)cc2)c1. The molecule has 0 aliphatic carbocycles. The molecule has 2 rings (SSSR count). The first-order valence-corrected chi connectivity index (χ1v) is 5.62. The van der Waals surface area contributed by atoms with Gasteiger partial charge in [0.25, 0.3) is 0 Å². The van der Waals surface area contributed by atoms with Gasteiger partial charge in [0.2, 0.25) is 0 Å². The van der Waals surface area contributed by atoms with Crippen molar-refractivity contribution in [2.45, 2.75) is 12.5 Å². The summed E-state index contributed by atoms with van der Waals surface area (Å²) in [5.74, 6) is -0.983. The Morgan fingerprint density at radius 1 is 1.44 bits per heavy atom. The van der Waals surface area contributed by atoms with Crippen molar-refractivity contribution in [2.75, 3.05) is 0 Å². The van der Waals surface area contributed by atoms with Crippen molar-refractivity contribution in [3.8, 4) is 11.3 Å². The summed E-state index contributed by atoms with van der Waals surface area (Å²) in [6, 6.07) is 6.75. The minimum Gasteiger partial charge on any atom is -0.480 e. The number of carbonyl (C=O) groups is 1. The van der Waals surface area contributed by atoms with E-state index in [4.69, 9.17) is 10.8 Å². The second-order valence-corrected chi connectivity index (χ2v) is 4.27. The van der Waals surface area contributed by atoms with Crippen LogP contribution in [0.25, 0.3) is 11.3 Å². The van der Waals surface area contributed by atoms with Gasteiger partial charge in [-0.25, -0.2) is 4.98 Å². The molecule has 0 bridgehead atoms. The fourth-order valence-corrected chi connectivity index (χ4v) is 1.71. The zero-order chi connectivity index (χ0) is 13.1. The Morgan fingerprint density at radius 3 is 2.61 bits per heavy atom. The predicted molar refractivity (Wildman–Crippen MR) is 68.0 cm³/mol. The molecule has 94 valence electrons. The van der Waals surface area contributed by atoms with E-state index in [1.165, 1.54) is 0 Å². The van der Waals surface area contributed by atoms with Gasteiger partial charge in [0.15, 0.2) is 0 Å². The number of carboxylic acid groups (broad SMARTS) is 1. The zero-order valence-electron chi connectivity index (χ0n) is 10.1. The van der Waals surface area contributed by atoms with Crippen molar-refractivity contribution in [3.63, 3.8) is 0 Å². The lowest BCUT2D eigenvalue weighted by molar-refractivity contribution is -0.138. The number of nitrogens with zero attached hydrogens (tertiary/aromatic N) is 2. The Labute approximate surface area is 105 Å². The quantitative estimate of drug-likeness (QED) is 0.843. The molecule has 0 aliphatic rings. The van der Waals surface area contributed by atoms with Crippen LogP contribution in [-0.4, -0.2) is 26.7 Å². The number of imidazole rings is 1. The molecule has 0 saturated carbocycles. The maximum atomic E-state index is 10.7. The van der Waals surface area contributed by atoms with Crippen LogP contribution in [0.15, 0.2) is 36.8 Å². The van der Waals surface area contributed by atoms with Gasteiger partial charge in [-0.1, -0.05) is 24.3 Å². The molecule has 0 saturated heterocycles. The van der Waals surface area contributed by atoms with E-state index in [9.17, 15) is 4.79 Å². The van der Waals surface area contributed by atoms with Crippen LogP contribution in [0.1, 0.15) is 5.56 Å². The van der Waals surface area contributed by atoms with Gasteiger partial charge >= 0.3 is 5.97 Å². The predicted octanol–water partition coefficient (Wildman–Crippen LogP) is 1.04. The third-order valence-electron chi connectivity index (χ3n) is 2.73. The average molecular weight is 245 g/mol. The van der Waals surface area contributed by atoms with E-state index in [0.29, 0.717) is 6.42 Å². The molecule has 5 heteroatoms. The van der Waals surface area contributed by atoms with Crippen LogP contribution < -0.4 is 5.73 Å². The molecule has 5 nitrogen and oxygen atoms in total. The number of nitrogens with two attached hydrogens (primary N) is 1. The minimum atomic E-state index is -0.983. The smallest absolute Gasteiger partial charge is 0.320 e. The normalized spacial score (nSPS) is 12.3. The molecule has 1 aromatic heterocycles. The van der Waals surface area contributed by atoms with Gasteiger partial charge in [0, 0.05) is 18.8 Å². The van der Waals surface area contributed by atoms with Crippen LogP contribution >= 0.6 is 0 Å². The Morgan fingerprint density at radius 2 is 2.11 bits per heavy atom. The molecule has 1 heterocycles. The van der Waals surface area contributed by atoms with E-state index in [2.05, 4.69) is 4.98 Å². The number of hydrogen-bond donors (Lipinski definition) is 2. The molecule has 0 spiro atoms. The van der Waals surface area contributed by atoms with Gasteiger partial charge in [-0.3, -0.25) is 4.79 Å². The van der Waals surface area contributed by atoms with Gasteiger partial charge < -0.3 is 15.4 Å². The summed E-state index contributed by atoms with van der Waals surface area (Å²) >= 11 is 0. The Hall–Kier alpha value is -2.14. The molecule has 2 aromatic rings. The molecule has 0 radical (unpaired) electrons. The minimum absolute atomic E-state index is 0.331. The van der Waals surface area contributed by atoms with E-state index in [1.54, 1.807) is 6.33 Å². The summed E-state index contributed by atoms with van der Waals surface area (Å²) in [4.78, 5) is 14.9.